The molecule has 5 heteroatoms. The van der Waals surface area contributed by atoms with Crippen LogP contribution in [-0.4, -0.2) is 32.8 Å². The number of esters is 1. The van der Waals surface area contributed by atoms with Crippen molar-refractivity contribution in [3.05, 3.63) is 29.3 Å². The van der Waals surface area contributed by atoms with Gasteiger partial charge in [-0.3, -0.25) is 0 Å². The number of carbonyl (C=O) groups excluding carboxylic acids is 1. The molecule has 1 aliphatic heterocycles. The summed E-state index contributed by atoms with van der Waals surface area (Å²) >= 11 is 0. The first-order valence-electron chi connectivity index (χ1n) is 6.99. The van der Waals surface area contributed by atoms with Crippen molar-refractivity contribution in [2.75, 3.05) is 20.8 Å². The Morgan fingerprint density at radius 3 is 2.62 bits per heavy atom. The largest absolute Gasteiger partial charge is 0.493 e. The van der Waals surface area contributed by atoms with Gasteiger partial charge in [-0.15, -0.1) is 0 Å². The molecule has 1 aromatic rings. The van der Waals surface area contributed by atoms with Crippen molar-refractivity contribution in [2.24, 2.45) is 0 Å². The van der Waals surface area contributed by atoms with Gasteiger partial charge in [0.1, 0.15) is 0 Å². The third-order valence-electron chi connectivity index (χ3n) is 3.38. The van der Waals surface area contributed by atoms with E-state index < -0.39 is 0 Å². The second-order valence-electron chi connectivity index (χ2n) is 4.92. The van der Waals surface area contributed by atoms with E-state index >= 15 is 0 Å². The summed E-state index contributed by atoms with van der Waals surface area (Å²) in [7, 11) is 3.21. The number of hydrogen-bond acceptors (Lipinski definition) is 5. The lowest BCUT2D eigenvalue weighted by atomic mass is 9.93. The Kier molecular flexibility index (Phi) is 4.73. The number of methoxy groups -OCH3 is 2. The maximum Gasteiger partial charge on any atom is 0.332 e. The fourth-order valence-electron chi connectivity index (χ4n) is 2.49. The summed E-state index contributed by atoms with van der Waals surface area (Å²) in [5.41, 5.74) is 2.82. The van der Waals surface area contributed by atoms with E-state index in [1.54, 1.807) is 21.1 Å². The number of fused-ring (bicyclic) bond motifs is 1. The number of carbonyl (C=O) groups is 1. The minimum absolute atomic E-state index is 0.233. The van der Waals surface area contributed by atoms with Gasteiger partial charge < -0.3 is 19.5 Å². The summed E-state index contributed by atoms with van der Waals surface area (Å²) in [6.07, 6.45) is 2.35. The van der Waals surface area contributed by atoms with Crippen LogP contribution in [0.4, 0.5) is 0 Å². The molecule has 0 radical (unpaired) electrons. The Bertz CT molecular complexity index is 566. The van der Waals surface area contributed by atoms with E-state index in [1.807, 2.05) is 12.1 Å². The van der Waals surface area contributed by atoms with Crippen LogP contribution in [0.5, 0.6) is 11.5 Å². The van der Waals surface area contributed by atoms with Gasteiger partial charge in [-0.05, 0) is 38.0 Å². The Balaban J connectivity index is 2.47. The molecule has 1 aromatic carbocycles. The monoisotopic (exact) mass is 291 g/mol. The van der Waals surface area contributed by atoms with Gasteiger partial charge >= 0.3 is 5.97 Å². The average molecular weight is 291 g/mol. The van der Waals surface area contributed by atoms with E-state index in [0.717, 1.165) is 23.2 Å². The Labute approximate surface area is 124 Å². The van der Waals surface area contributed by atoms with E-state index in [0.29, 0.717) is 18.1 Å². The smallest absolute Gasteiger partial charge is 0.332 e. The quantitative estimate of drug-likeness (QED) is 0.680. The highest BCUT2D eigenvalue weighted by Gasteiger charge is 2.22. The molecule has 0 spiro atoms. The number of ether oxygens (including phenoxy) is 3. The summed E-state index contributed by atoms with van der Waals surface area (Å²) in [5, 5.41) is 3.31. The van der Waals surface area contributed by atoms with Gasteiger partial charge in [-0.2, -0.15) is 0 Å². The Morgan fingerprint density at radius 2 is 2.00 bits per heavy atom. The highest BCUT2D eigenvalue weighted by molar-refractivity contribution is 5.92. The van der Waals surface area contributed by atoms with Crippen LogP contribution >= 0.6 is 0 Å². The Morgan fingerprint density at radius 1 is 1.33 bits per heavy atom. The van der Waals surface area contributed by atoms with Crippen LogP contribution in [0.15, 0.2) is 18.2 Å². The molecule has 2 rings (SSSR count). The first kappa shape index (κ1) is 15.2. The van der Waals surface area contributed by atoms with Crippen molar-refractivity contribution in [3.63, 3.8) is 0 Å². The molecule has 1 atom stereocenters. The van der Waals surface area contributed by atoms with Crippen LogP contribution in [0.2, 0.25) is 0 Å². The Hall–Kier alpha value is -2.17. The summed E-state index contributed by atoms with van der Waals surface area (Å²) in [6, 6.07) is 4.08. The number of hydrogen-bond donors (Lipinski definition) is 1. The van der Waals surface area contributed by atoms with Crippen LogP contribution in [0.25, 0.3) is 5.70 Å². The number of nitrogens with one attached hydrogen (secondary N) is 1. The predicted octanol–water partition coefficient (Wildman–Crippen LogP) is 2.14. The zero-order valence-electron chi connectivity index (χ0n) is 12.9. The molecule has 1 aliphatic rings. The maximum atomic E-state index is 11.7. The maximum absolute atomic E-state index is 11.7. The summed E-state index contributed by atoms with van der Waals surface area (Å²) in [4.78, 5) is 11.7. The van der Waals surface area contributed by atoms with Gasteiger partial charge in [0.05, 0.1) is 20.8 Å². The van der Waals surface area contributed by atoms with Gasteiger partial charge in [-0.1, -0.05) is 0 Å². The standard InChI is InChI=1S/C16H21NO4/c1-5-21-16(18)9-13-12-8-15(20-4)14(19-3)7-11(12)6-10(2)17-13/h7-10,17H,5-6H2,1-4H3/b13-9-. The van der Waals surface area contributed by atoms with Crippen LogP contribution in [0, 0.1) is 0 Å². The first-order chi connectivity index (χ1) is 10.1. The molecule has 1 N–H and O–H groups in total. The van der Waals surface area contributed by atoms with E-state index in [1.165, 1.54) is 6.08 Å². The van der Waals surface area contributed by atoms with Crippen molar-refractivity contribution in [3.8, 4) is 11.5 Å². The molecule has 0 amide bonds. The van der Waals surface area contributed by atoms with Gasteiger partial charge in [0.2, 0.25) is 0 Å². The zero-order valence-corrected chi connectivity index (χ0v) is 12.9. The molecule has 0 fully saturated rings. The normalized spacial score (nSPS) is 18.7. The van der Waals surface area contributed by atoms with Gasteiger partial charge in [0.25, 0.3) is 0 Å². The first-order valence-corrected chi connectivity index (χ1v) is 6.99. The molecule has 0 bridgehead atoms. The molecule has 1 unspecified atom stereocenters. The lowest BCUT2D eigenvalue weighted by Crippen LogP contribution is -2.32. The van der Waals surface area contributed by atoms with Crippen molar-refractivity contribution in [1.82, 2.24) is 5.32 Å². The topological polar surface area (TPSA) is 56.8 Å². The second kappa shape index (κ2) is 6.52. The van der Waals surface area contributed by atoms with E-state index in [9.17, 15) is 4.79 Å². The second-order valence-corrected chi connectivity index (χ2v) is 4.92. The molecule has 0 aromatic heterocycles. The molecule has 0 aliphatic carbocycles. The SMILES string of the molecule is CCOC(=O)/C=C1\NC(C)Cc2cc(OC)c(OC)cc21. The fourth-order valence-corrected chi connectivity index (χ4v) is 2.49. The van der Waals surface area contributed by atoms with Gasteiger partial charge in [0, 0.05) is 23.4 Å². The fraction of sp³-hybridized carbons (Fsp3) is 0.438. The van der Waals surface area contributed by atoms with Crippen molar-refractivity contribution < 1.29 is 19.0 Å². The van der Waals surface area contributed by atoms with Crippen molar-refractivity contribution in [2.45, 2.75) is 26.3 Å². The van der Waals surface area contributed by atoms with Crippen LogP contribution in [-0.2, 0) is 16.0 Å². The third kappa shape index (κ3) is 3.29. The molecule has 21 heavy (non-hydrogen) atoms. The highest BCUT2D eigenvalue weighted by Crippen LogP contribution is 2.35. The predicted molar refractivity (Wildman–Crippen MR) is 80.5 cm³/mol. The average Bonchev–Trinajstić information content (AvgIpc) is 2.46. The minimum Gasteiger partial charge on any atom is -0.493 e. The molecule has 114 valence electrons. The summed E-state index contributed by atoms with van der Waals surface area (Å²) < 4.78 is 15.7. The summed E-state index contributed by atoms with van der Waals surface area (Å²) in [6.45, 7) is 4.21. The highest BCUT2D eigenvalue weighted by atomic mass is 16.5. The van der Waals surface area contributed by atoms with Gasteiger partial charge in [-0.25, -0.2) is 4.79 Å². The van der Waals surface area contributed by atoms with E-state index in [2.05, 4.69) is 12.2 Å². The van der Waals surface area contributed by atoms with Crippen LogP contribution in [0.1, 0.15) is 25.0 Å². The van der Waals surface area contributed by atoms with Crippen molar-refractivity contribution >= 4 is 11.7 Å². The molecule has 0 saturated carbocycles. The molecular formula is C16H21NO4. The molecule has 5 nitrogen and oxygen atoms in total. The number of rotatable bonds is 4. The summed E-state index contributed by atoms with van der Waals surface area (Å²) in [5.74, 6) is 0.984. The molecule has 0 saturated heterocycles. The minimum atomic E-state index is -0.352. The van der Waals surface area contributed by atoms with Crippen molar-refractivity contribution in [1.29, 1.82) is 0 Å². The van der Waals surface area contributed by atoms with E-state index in [4.69, 9.17) is 14.2 Å². The van der Waals surface area contributed by atoms with Crippen LogP contribution < -0.4 is 14.8 Å². The number of benzene rings is 1. The van der Waals surface area contributed by atoms with Crippen LogP contribution in [0.3, 0.4) is 0 Å². The third-order valence-corrected chi connectivity index (χ3v) is 3.38. The van der Waals surface area contributed by atoms with Gasteiger partial charge in [0.15, 0.2) is 11.5 Å². The molecule has 1 heterocycles. The zero-order chi connectivity index (χ0) is 15.4. The van der Waals surface area contributed by atoms with E-state index in [-0.39, 0.29) is 12.0 Å². The molecular weight excluding hydrogens is 270 g/mol. The lowest BCUT2D eigenvalue weighted by Gasteiger charge is -2.27. The lowest BCUT2D eigenvalue weighted by molar-refractivity contribution is -0.137.